The van der Waals surface area contributed by atoms with Crippen molar-refractivity contribution >= 4 is 11.9 Å². The van der Waals surface area contributed by atoms with E-state index in [1.807, 2.05) is 0 Å². The van der Waals surface area contributed by atoms with Crippen molar-refractivity contribution in [3.05, 3.63) is 0 Å². The van der Waals surface area contributed by atoms with Crippen LogP contribution in [0.15, 0.2) is 0 Å². The third-order valence-corrected chi connectivity index (χ3v) is 5.35. The predicted octanol–water partition coefficient (Wildman–Crippen LogP) is 2.16. The van der Waals surface area contributed by atoms with E-state index in [-0.39, 0.29) is 18.1 Å². The Morgan fingerprint density at radius 1 is 1.04 bits per heavy atom. The van der Waals surface area contributed by atoms with Crippen molar-refractivity contribution in [2.75, 3.05) is 13.2 Å². The molecule has 1 amide bonds. The first kappa shape index (κ1) is 16.7. The van der Waals surface area contributed by atoms with Crippen molar-refractivity contribution in [3.8, 4) is 0 Å². The molecule has 0 bridgehead atoms. The van der Waals surface area contributed by atoms with Crippen LogP contribution < -0.4 is 0 Å². The molecule has 0 radical (unpaired) electrons. The minimum absolute atomic E-state index is 0.148. The normalized spacial score (nSPS) is 30.5. The van der Waals surface area contributed by atoms with Gasteiger partial charge in [0, 0.05) is 13.2 Å². The molecule has 6 heteroatoms. The van der Waals surface area contributed by atoms with Gasteiger partial charge in [0.25, 0.3) is 5.91 Å². The number of rotatable bonds is 5. The zero-order chi connectivity index (χ0) is 16.2. The zero-order valence-corrected chi connectivity index (χ0v) is 13.6. The van der Waals surface area contributed by atoms with Gasteiger partial charge in [-0.2, -0.15) is 0 Å². The van der Waals surface area contributed by atoms with E-state index in [2.05, 4.69) is 0 Å². The lowest BCUT2D eigenvalue weighted by molar-refractivity contribution is -0.211. The molecule has 1 saturated carbocycles. The molecule has 1 aliphatic carbocycles. The van der Waals surface area contributed by atoms with Gasteiger partial charge in [-0.05, 0) is 44.4 Å². The molecule has 3 atom stereocenters. The van der Waals surface area contributed by atoms with Gasteiger partial charge in [0.05, 0.1) is 0 Å². The van der Waals surface area contributed by atoms with Gasteiger partial charge in [0.2, 0.25) is 0 Å². The van der Waals surface area contributed by atoms with Gasteiger partial charge >= 0.3 is 5.97 Å². The molecule has 2 aliphatic heterocycles. The average Bonchev–Trinajstić information content (AvgIpc) is 2.52. The maximum Gasteiger partial charge on any atom is 0.326 e. The second-order valence-electron chi connectivity index (χ2n) is 6.93. The molecule has 3 fully saturated rings. The molecular weight excluding hydrogens is 298 g/mol. The van der Waals surface area contributed by atoms with Crippen LogP contribution in [0.5, 0.6) is 0 Å². The third-order valence-electron chi connectivity index (χ3n) is 5.35. The summed E-state index contributed by atoms with van der Waals surface area (Å²) < 4.78 is 11.7. The van der Waals surface area contributed by atoms with E-state index < -0.39 is 18.1 Å². The second kappa shape index (κ2) is 7.62. The molecule has 130 valence electrons. The van der Waals surface area contributed by atoms with Gasteiger partial charge in [0.15, 0.2) is 6.29 Å². The Morgan fingerprint density at radius 2 is 1.78 bits per heavy atom. The first-order valence-corrected chi connectivity index (χ1v) is 8.97. The van der Waals surface area contributed by atoms with E-state index in [4.69, 9.17) is 9.47 Å². The lowest BCUT2D eigenvalue weighted by Gasteiger charge is -2.42. The summed E-state index contributed by atoms with van der Waals surface area (Å²) in [6.45, 7) is 1.20. The van der Waals surface area contributed by atoms with Crippen LogP contribution in [-0.4, -0.2) is 53.5 Å². The van der Waals surface area contributed by atoms with Crippen LogP contribution in [0.25, 0.3) is 0 Å². The molecule has 0 aromatic carbocycles. The molecule has 3 aliphatic rings. The highest BCUT2D eigenvalue weighted by atomic mass is 16.7. The number of carbonyl (C=O) groups is 2. The molecule has 2 saturated heterocycles. The fourth-order valence-corrected chi connectivity index (χ4v) is 3.86. The average molecular weight is 325 g/mol. The van der Waals surface area contributed by atoms with Crippen LogP contribution in [0.4, 0.5) is 0 Å². The Balaban J connectivity index is 1.68. The highest BCUT2D eigenvalue weighted by Gasteiger charge is 2.43. The Bertz CT molecular complexity index is 429. The third kappa shape index (κ3) is 3.86. The molecule has 1 N–H and O–H groups in total. The van der Waals surface area contributed by atoms with Crippen molar-refractivity contribution in [2.24, 2.45) is 5.92 Å². The molecule has 0 spiro atoms. The van der Waals surface area contributed by atoms with E-state index >= 15 is 0 Å². The van der Waals surface area contributed by atoms with E-state index in [0.717, 1.165) is 44.9 Å². The van der Waals surface area contributed by atoms with Crippen molar-refractivity contribution in [3.63, 3.8) is 0 Å². The lowest BCUT2D eigenvalue weighted by atomic mass is 9.84. The van der Waals surface area contributed by atoms with Crippen LogP contribution in [-0.2, 0) is 19.1 Å². The maximum atomic E-state index is 12.9. The molecule has 6 nitrogen and oxygen atoms in total. The number of aliphatic carboxylic acids is 1. The monoisotopic (exact) mass is 325 g/mol. The van der Waals surface area contributed by atoms with Gasteiger partial charge in [-0.25, -0.2) is 4.79 Å². The van der Waals surface area contributed by atoms with Crippen molar-refractivity contribution in [1.29, 1.82) is 0 Å². The summed E-state index contributed by atoms with van der Waals surface area (Å²) in [4.78, 5) is 25.6. The van der Waals surface area contributed by atoms with Gasteiger partial charge < -0.3 is 19.5 Å². The van der Waals surface area contributed by atoms with Crippen LogP contribution in [0.3, 0.4) is 0 Å². The van der Waals surface area contributed by atoms with E-state index in [9.17, 15) is 14.7 Å². The van der Waals surface area contributed by atoms with Gasteiger partial charge in [-0.3, -0.25) is 4.79 Å². The van der Waals surface area contributed by atoms with E-state index in [1.165, 1.54) is 11.3 Å². The Hall–Kier alpha value is -1.14. The second-order valence-corrected chi connectivity index (χ2v) is 6.93. The summed E-state index contributed by atoms with van der Waals surface area (Å²) >= 11 is 0. The number of amides is 1. The highest BCUT2D eigenvalue weighted by Crippen LogP contribution is 2.32. The standard InChI is InChI=1S/C17H27NO5/c19-16(18-10-9-13(18)17(20)21)15(12-6-2-1-3-7-12)23-14-8-4-5-11-22-14/h12-15H,1-11H2,(H,20,21)/t13-,14?,15?/m1/s1. The van der Waals surface area contributed by atoms with Gasteiger partial charge in [0.1, 0.15) is 12.1 Å². The minimum atomic E-state index is -0.916. The Kier molecular flexibility index (Phi) is 5.54. The molecule has 0 aromatic heterocycles. The highest BCUT2D eigenvalue weighted by molar-refractivity contribution is 5.88. The largest absolute Gasteiger partial charge is 0.480 e. The fraction of sp³-hybridized carbons (Fsp3) is 0.882. The maximum absolute atomic E-state index is 12.9. The van der Waals surface area contributed by atoms with Crippen molar-refractivity contribution in [2.45, 2.75) is 76.2 Å². The molecule has 3 rings (SSSR count). The van der Waals surface area contributed by atoms with Crippen molar-refractivity contribution in [1.82, 2.24) is 4.90 Å². The minimum Gasteiger partial charge on any atom is -0.480 e. The summed E-state index contributed by atoms with van der Waals surface area (Å²) in [6.07, 6.45) is 7.99. The van der Waals surface area contributed by atoms with Crippen LogP contribution in [0, 0.1) is 5.92 Å². The molecule has 23 heavy (non-hydrogen) atoms. The first-order chi connectivity index (χ1) is 11.2. The SMILES string of the molecule is O=C(O)[C@H]1CCN1C(=O)C(OC1CCCCO1)C1CCCCC1. The van der Waals surface area contributed by atoms with Crippen LogP contribution in [0.1, 0.15) is 57.8 Å². The smallest absolute Gasteiger partial charge is 0.326 e. The quantitative estimate of drug-likeness (QED) is 0.838. The topological polar surface area (TPSA) is 76.1 Å². The van der Waals surface area contributed by atoms with E-state index in [1.54, 1.807) is 0 Å². The van der Waals surface area contributed by atoms with Crippen LogP contribution >= 0.6 is 0 Å². The number of hydrogen-bond acceptors (Lipinski definition) is 4. The predicted molar refractivity (Wildman–Crippen MR) is 82.8 cm³/mol. The number of carboxylic acids is 1. The number of carbonyl (C=O) groups excluding carboxylic acids is 1. The summed E-state index contributed by atoms with van der Waals surface area (Å²) in [5.74, 6) is -0.873. The number of likely N-dealkylation sites (tertiary alicyclic amines) is 1. The number of carboxylic acid groups (broad SMARTS) is 1. The van der Waals surface area contributed by atoms with E-state index in [0.29, 0.717) is 19.6 Å². The lowest BCUT2D eigenvalue weighted by Crippen LogP contribution is -2.59. The summed E-state index contributed by atoms with van der Waals surface area (Å²) in [5, 5.41) is 9.21. The Morgan fingerprint density at radius 3 is 2.35 bits per heavy atom. The fourth-order valence-electron chi connectivity index (χ4n) is 3.86. The summed E-state index contributed by atoms with van der Waals surface area (Å²) in [5.41, 5.74) is 0. The zero-order valence-electron chi connectivity index (χ0n) is 13.6. The van der Waals surface area contributed by atoms with Crippen molar-refractivity contribution < 1.29 is 24.2 Å². The summed E-state index contributed by atoms with van der Waals surface area (Å²) in [7, 11) is 0. The summed E-state index contributed by atoms with van der Waals surface area (Å²) in [6, 6.07) is -0.676. The number of ether oxygens (including phenoxy) is 2. The van der Waals surface area contributed by atoms with Crippen LogP contribution in [0.2, 0.25) is 0 Å². The van der Waals surface area contributed by atoms with Gasteiger partial charge in [-0.15, -0.1) is 0 Å². The first-order valence-electron chi connectivity index (χ1n) is 8.97. The molecule has 2 heterocycles. The molecule has 2 unspecified atom stereocenters. The number of nitrogens with zero attached hydrogens (tertiary/aromatic N) is 1. The van der Waals surface area contributed by atoms with Gasteiger partial charge in [-0.1, -0.05) is 19.3 Å². The number of hydrogen-bond donors (Lipinski definition) is 1. The Labute approximate surface area is 137 Å². The molecule has 0 aromatic rings. The molecular formula is C17H27NO5.